The van der Waals surface area contributed by atoms with Crippen LogP contribution in [0.4, 0.5) is 0 Å². The van der Waals surface area contributed by atoms with Crippen molar-refractivity contribution < 1.29 is 8.42 Å². The van der Waals surface area contributed by atoms with Crippen LogP contribution in [-0.2, 0) is 9.84 Å². The second-order valence-electron chi connectivity index (χ2n) is 4.09. The lowest BCUT2D eigenvalue weighted by atomic mass is 10.3. The van der Waals surface area contributed by atoms with Crippen molar-refractivity contribution in [2.75, 3.05) is 12.3 Å². The van der Waals surface area contributed by atoms with E-state index in [-0.39, 0.29) is 16.8 Å². The second kappa shape index (κ2) is 4.47. The van der Waals surface area contributed by atoms with Crippen molar-refractivity contribution in [2.24, 2.45) is 0 Å². The first-order chi connectivity index (χ1) is 7.58. The van der Waals surface area contributed by atoms with Crippen LogP contribution in [0.5, 0.6) is 0 Å². The lowest BCUT2D eigenvalue weighted by molar-refractivity contribution is 0.571. The van der Waals surface area contributed by atoms with Crippen molar-refractivity contribution in [1.82, 2.24) is 15.5 Å². The van der Waals surface area contributed by atoms with Gasteiger partial charge >= 0.3 is 0 Å². The van der Waals surface area contributed by atoms with Gasteiger partial charge in [-0.25, -0.2) is 8.42 Å². The van der Waals surface area contributed by atoms with Gasteiger partial charge in [-0.05, 0) is 38.4 Å². The lowest BCUT2D eigenvalue weighted by Crippen LogP contribution is -2.30. The molecule has 0 aliphatic carbocycles. The molecule has 0 aromatic carbocycles. The standard InChI is InChI=1S/C10H15N3O2S/c1-8-4-5-10(13-12-8)16(14,15)7-9-3-2-6-11-9/h4-5,9,11H,2-3,6-7H2,1H3/t9-/m0/s1. The Bertz CT molecular complexity index is 449. The monoisotopic (exact) mass is 241 g/mol. The number of nitrogens with one attached hydrogen (secondary N) is 1. The van der Waals surface area contributed by atoms with E-state index in [1.165, 1.54) is 6.07 Å². The van der Waals surface area contributed by atoms with E-state index in [0.29, 0.717) is 0 Å². The molecule has 1 fully saturated rings. The van der Waals surface area contributed by atoms with Crippen LogP contribution in [-0.4, -0.2) is 37.0 Å². The third-order valence-electron chi connectivity index (χ3n) is 2.68. The van der Waals surface area contributed by atoms with Crippen molar-refractivity contribution in [3.63, 3.8) is 0 Å². The van der Waals surface area contributed by atoms with E-state index in [1.54, 1.807) is 13.0 Å². The molecule has 0 saturated carbocycles. The summed E-state index contributed by atoms with van der Waals surface area (Å²) in [5, 5.41) is 10.7. The molecule has 2 rings (SSSR count). The molecule has 1 atom stereocenters. The Kier molecular flexibility index (Phi) is 3.20. The maximum Gasteiger partial charge on any atom is 0.198 e. The Hall–Kier alpha value is -1.01. The molecule has 0 amide bonds. The summed E-state index contributed by atoms with van der Waals surface area (Å²) < 4.78 is 23.9. The van der Waals surface area contributed by atoms with Gasteiger partial charge in [0.05, 0.1) is 11.4 Å². The van der Waals surface area contributed by atoms with Gasteiger partial charge in [-0.2, -0.15) is 5.10 Å². The number of hydrogen-bond acceptors (Lipinski definition) is 5. The molecular weight excluding hydrogens is 226 g/mol. The van der Waals surface area contributed by atoms with Gasteiger partial charge in [-0.3, -0.25) is 0 Å². The molecule has 0 unspecified atom stereocenters. The summed E-state index contributed by atoms with van der Waals surface area (Å²) in [6, 6.07) is 3.25. The van der Waals surface area contributed by atoms with Gasteiger partial charge in [-0.15, -0.1) is 5.10 Å². The van der Waals surface area contributed by atoms with Crippen LogP contribution in [0.15, 0.2) is 17.2 Å². The molecule has 1 aromatic rings. The van der Waals surface area contributed by atoms with E-state index < -0.39 is 9.84 Å². The van der Waals surface area contributed by atoms with Gasteiger partial charge in [0.15, 0.2) is 14.9 Å². The van der Waals surface area contributed by atoms with Crippen LogP contribution in [0.1, 0.15) is 18.5 Å². The maximum absolute atomic E-state index is 12.0. The van der Waals surface area contributed by atoms with Crippen LogP contribution in [0.25, 0.3) is 0 Å². The van der Waals surface area contributed by atoms with E-state index in [9.17, 15) is 8.42 Å². The molecule has 0 bridgehead atoms. The number of hydrogen-bond donors (Lipinski definition) is 1. The van der Waals surface area contributed by atoms with Crippen LogP contribution < -0.4 is 5.32 Å². The van der Waals surface area contributed by atoms with Crippen molar-refractivity contribution in [3.05, 3.63) is 17.8 Å². The molecule has 1 aromatic heterocycles. The largest absolute Gasteiger partial charge is 0.313 e. The Balaban J connectivity index is 2.14. The van der Waals surface area contributed by atoms with Gasteiger partial charge in [0.1, 0.15) is 0 Å². The molecule has 6 heteroatoms. The predicted molar refractivity (Wildman–Crippen MR) is 59.8 cm³/mol. The number of rotatable bonds is 3. The molecule has 1 N–H and O–H groups in total. The molecular formula is C10H15N3O2S. The van der Waals surface area contributed by atoms with Crippen LogP contribution in [0.3, 0.4) is 0 Å². The quantitative estimate of drug-likeness (QED) is 0.824. The van der Waals surface area contributed by atoms with E-state index in [4.69, 9.17) is 0 Å². The Morgan fingerprint density at radius 2 is 2.25 bits per heavy atom. The second-order valence-corrected chi connectivity index (χ2v) is 6.07. The van der Waals surface area contributed by atoms with Gasteiger partial charge in [0.2, 0.25) is 0 Å². The average molecular weight is 241 g/mol. The van der Waals surface area contributed by atoms with Crippen LogP contribution >= 0.6 is 0 Å². The Morgan fingerprint density at radius 3 is 2.81 bits per heavy atom. The minimum atomic E-state index is -3.30. The highest BCUT2D eigenvalue weighted by atomic mass is 32.2. The summed E-state index contributed by atoms with van der Waals surface area (Å²) in [4.78, 5) is 0. The highest BCUT2D eigenvalue weighted by Crippen LogP contribution is 2.13. The highest BCUT2D eigenvalue weighted by molar-refractivity contribution is 7.91. The number of aromatic nitrogens is 2. The average Bonchev–Trinajstić information content (AvgIpc) is 2.70. The normalized spacial score (nSPS) is 21.2. The van der Waals surface area contributed by atoms with E-state index in [1.807, 2.05) is 0 Å². The molecule has 1 aliphatic heterocycles. The van der Waals surface area contributed by atoms with Gasteiger partial charge in [-0.1, -0.05) is 0 Å². The molecule has 0 spiro atoms. The number of sulfone groups is 1. The van der Waals surface area contributed by atoms with Crippen molar-refractivity contribution in [3.8, 4) is 0 Å². The summed E-state index contributed by atoms with van der Waals surface area (Å²) in [6.07, 6.45) is 1.96. The molecule has 0 radical (unpaired) electrons. The Morgan fingerprint density at radius 1 is 1.44 bits per heavy atom. The molecule has 1 aliphatic rings. The van der Waals surface area contributed by atoms with E-state index >= 15 is 0 Å². The summed E-state index contributed by atoms with van der Waals surface area (Å²) >= 11 is 0. The number of aryl methyl sites for hydroxylation is 1. The van der Waals surface area contributed by atoms with E-state index in [0.717, 1.165) is 25.1 Å². The fourth-order valence-electron chi connectivity index (χ4n) is 1.80. The van der Waals surface area contributed by atoms with E-state index in [2.05, 4.69) is 15.5 Å². The minimum Gasteiger partial charge on any atom is -0.313 e. The highest BCUT2D eigenvalue weighted by Gasteiger charge is 2.24. The summed E-state index contributed by atoms with van der Waals surface area (Å²) in [6.45, 7) is 2.68. The van der Waals surface area contributed by atoms with Gasteiger partial charge < -0.3 is 5.32 Å². The zero-order chi connectivity index (χ0) is 11.6. The Labute approximate surface area is 95.2 Å². The zero-order valence-corrected chi connectivity index (χ0v) is 10.00. The lowest BCUT2D eigenvalue weighted by Gasteiger charge is -2.09. The van der Waals surface area contributed by atoms with Crippen molar-refractivity contribution in [2.45, 2.75) is 30.8 Å². The third-order valence-corrected chi connectivity index (χ3v) is 4.37. The number of nitrogens with zero attached hydrogens (tertiary/aromatic N) is 2. The van der Waals surface area contributed by atoms with Crippen molar-refractivity contribution in [1.29, 1.82) is 0 Å². The maximum atomic E-state index is 12.0. The first-order valence-electron chi connectivity index (χ1n) is 5.34. The van der Waals surface area contributed by atoms with Crippen molar-refractivity contribution >= 4 is 9.84 Å². The van der Waals surface area contributed by atoms with Crippen LogP contribution in [0, 0.1) is 6.92 Å². The predicted octanol–water partition coefficient (Wildman–Crippen LogP) is 0.311. The molecule has 5 nitrogen and oxygen atoms in total. The first kappa shape index (κ1) is 11.5. The zero-order valence-electron chi connectivity index (χ0n) is 9.18. The topological polar surface area (TPSA) is 72.0 Å². The van der Waals surface area contributed by atoms with Crippen LogP contribution in [0.2, 0.25) is 0 Å². The first-order valence-corrected chi connectivity index (χ1v) is 7.00. The molecule has 1 saturated heterocycles. The smallest absolute Gasteiger partial charge is 0.198 e. The SMILES string of the molecule is Cc1ccc(S(=O)(=O)C[C@@H]2CCCN2)nn1. The summed E-state index contributed by atoms with van der Waals surface area (Å²) in [7, 11) is -3.30. The fourth-order valence-corrected chi connectivity index (χ4v) is 3.23. The third kappa shape index (κ3) is 2.56. The molecule has 2 heterocycles. The summed E-state index contributed by atoms with van der Waals surface area (Å²) in [5.74, 6) is 0.116. The summed E-state index contributed by atoms with van der Waals surface area (Å²) in [5.41, 5.74) is 0.720. The van der Waals surface area contributed by atoms with Gasteiger partial charge in [0, 0.05) is 6.04 Å². The minimum absolute atomic E-state index is 0.0631. The molecule has 16 heavy (non-hydrogen) atoms. The molecule has 88 valence electrons. The van der Waals surface area contributed by atoms with Gasteiger partial charge in [0.25, 0.3) is 0 Å². The fraction of sp³-hybridized carbons (Fsp3) is 0.600.